The third kappa shape index (κ3) is 2.76. The molecule has 0 radical (unpaired) electrons. The number of halogens is 6. The lowest BCUT2D eigenvalue weighted by Gasteiger charge is -2.29. The van der Waals surface area contributed by atoms with Gasteiger partial charge in [0.05, 0.1) is 0 Å². The summed E-state index contributed by atoms with van der Waals surface area (Å²) >= 11 is 0. The minimum Gasteiger partial charge on any atom is -0.369 e. The van der Waals surface area contributed by atoms with Crippen LogP contribution in [-0.4, -0.2) is 31.0 Å². The topological polar surface area (TPSA) is 9.23 Å². The molecule has 2 atom stereocenters. The van der Waals surface area contributed by atoms with Crippen LogP contribution in [0.25, 0.3) is 0 Å². The second-order valence-electron chi connectivity index (χ2n) is 2.67. The standard InChI is InChI=1S/C7H10F6O/c1-3-14-5(4(2)8)6(9,10)7(11,12)13/h4-5H,3H2,1-2H3. The first kappa shape index (κ1) is 13.5. The Morgan fingerprint density at radius 2 is 1.57 bits per heavy atom. The van der Waals surface area contributed by atoms with Gasteiger partial charge in [0.15, 0.2) is 6.10 Å². The summed E-state index contributed by atoms with van der Waals surface area (Å²) in [7, 11) is 0. The summed E-state index contributed by atoms with van der Waals surface area (Å²) < 4.78 is 76.9. The van der Waals surface area contributed by atoms with Crippen molar-refractivity contribution in [1.29, 1.82) is 0 Å². The molecule has 0 aliphatic carbocycles. The van der Waals surface area contributed by atoms with Gasteiger partial charge < -0.3 is 4.74 Å². The molecule has 0 amide bonds. The molecule has 0 fully saturated rings. The average Bonchev–Trinajstić information content (AvgIpc) is 1.96. The highest BCUT2D eigenvalue weighted by Crippen LogP contribution is 2.40. The molecule has 0 aromatic rings. The molecule has 0 saturated carbocycles. The van der Waals surface area contributed by atoms with E-state index in [9.17, 15) is 26.3 Å². The lowest BCUT2D eigenvalue weighted by molar-refractivity contribution is -0.325. The van der Waals surface area contributed by atoms with Crippen molar-refractivity contribution < 1.29 is 31.1 Å². The van der Waals surface area contributed by atoms with Gasteiger partial charge in [-0.25, -0.2) is 4.39 Å². The van der Waals surface area contributed by atoms with Crippen LogP contribution in [0.4, 0.5) is 26.3 Å². The largest absolute Gasteiger partial charge is 0.456 e. The number of hydrogen-bond acceptors (Lipinski definition) is 1. The molecule has 0 aliphatic rings. The van der Waals surface area contributed by atoms with Gasteiger partial charge in [0, 0.05) is 6.61 Å². The van der Waals surface area contributed by atoms with E-state index in [1.54, 1.807) is 0 Å². The van der Waals surface area contributed by atoms with E-state index in [1.807, 2.05) is 0 Å². The van der Waals surface area contributed by atoms with Crippen molar-refractivity contribution in [2.45, 2.75) is 38.2 Å². The highest BCUT2D eigenvalue weighted by molar-refractivity contribution is 4.88. The molecule has 0 N–H and O–H groups in total. The molecule has 7 heteroatoms. The summed E-state index contributed by atoms with van der Waals surface area (Å²) in [5.41, 5.74) is 0. The van der Waals surface area contributed by atoms with Gasteiger partial charge in [-0.15, -0.1) is 0 Å². The Hall–Kier alpha value is -0.460. The van der Waals surface area contributed by atoms with Gasteiger partial charge >= 0.3 is 12.1 Å². The SMILES string of the molecule is CCOC(C(C)F)C(F)(F)C(F)(F)F. The molecule has 86 valence electrons. The van der Waals surface area contributed by atoms with Crippen molar-refractivity contribution in [3.05, 3.63) is 0 Å². The summed E-state index contributed by atoms with van der Waals surface area (Å²) in [6, 6.07) is 0. The van der Waals surface area contributed by atoms with Crippen molar-refractivity contribution in [3.8, 4) is 0 Å². The Morgan fingerprint density at radius 1 is 1.14 bits per heavy atom. The molecule has 1 nitrogen and oxygen atoms in total. The van der Waals surface area contributed by atoms with Gasteiger partial charge in [-0.3, -0.25) is 0 Å². The van der Waals surface area contributed by atoms with Crippen molar-refractivity contribution in [2.75, 3.05) is 6.61 Å². The minimum absolute atomic E-state index is 0.412. The van der Waals surface area contributed by atoms with Crippen LogP contribution in [-0.2, 0) is 4.74 Å². The second-order valence-corrected chi connectivity index (χ2v) is 2.67. The van der Waals surface area contributed by atoms with E-state index in [2.05, 4.69) is 4.74 Å². The van der Waals surface area contributed by atoms with E-state index >= 15 is 0 Å². The van der Waals surface area contributed by atoms with Crippen molar-refractivity contribution in [3.63, 3.8) is 0 Å². The van der Waals surface area contributed by atoms with E-state index in [0.29, 0.717) is 6.92 Å². The Bertz CT molecular complexity index is 176. The summed E-state index contributed by atoms with van der Waals surface area (Å²) in [6.07, 6.45) is -11.0. The van der Waals surface area contributed by atoms with Crippen molar-refractivity contribution in [2.24, 2.45) is 0 Å². The molecule has 0 aromatic carbocycles. The number of rotatable bonds is 4. The van der Waals surface area contributed by atoms with Crippen LogP contribution in [0.5, 0.6) is 0 Å². The second kappa shape index (κ2) is 4.37. The molecule has 0 spiro atoms. The number of ether oxygens (including phenoxy) is 1. The van der Waals surface area contributed by atoms with Crippen LogP contribution in [0.3, 0.4) is 0 Å². The summed E-state index contributed by atoms with van der Waals surface area (Å²) in [4.78, 5) is 0. The molecule has 0 bridgehead atoms. The molecule has 0 rings (SSSR count). The maximum absolute atomic E-state index is 12.5. The van der Waals surface area contributed by atoms with Gasteiger partial charge in [-0.05, 0) is 13.8 Å². The molecule has 0 heterocycles. The highest BCUT2D eigenvalue weighted by Gasteiger charge is 2.64. The van der Waals surface area contributed by atoms with Crippen LogP contribution in [0.15, 0.2) is 0 Å². The third-order valence-corrected chi connectivity index (χ3v) is 1.50. The molecular weight excluding hydrogens is 214 g/mol. The van der Waals surface area contributed by atoms with E-state index in [1.165, 1.54) is 6.92 Å². The Balaban J connectivity index is 4.80. The highest BCUT2D eigenvalue weighted by atomic mass is 19.4. The summed E-state index contributed by atoms with van der Waals surface area (Å²) in [5.74, 6) is -5.17. The zero-order chi connectivity index (χ0) is 11.6. The van der Waals surface area contributed by atoms with E-state index in [0.717, 1.165) is 0 Å². The third-order valence-electron chi connectivity index (χ3n) is 1.50. The van der Waals surface area contributed by atoms with Crippen molar-refractivity contribution in [1.82, 2.24) is 0 Å². The van der Waals surface area contributed by atoms with E-state index in [4.69, 9.17) is 0 Å². The molecular formula is C7H10F6O. The molecule has 2 unspecified atom stereocenters. The maximum atomic E-state index is 12.5. The average molecular weight is 224 g/mol. The summed E-state index contributed by atoms with van der Waals surface area (Å²) in [6.45, 7) is 1.40. The number of alkyl halides is 6. The van der Waals surface area contributed by atoms with Gasteiger partial charge in [0.2, 0.25) is 0 Å². The van der Waals surface area contributed by atoms with Gasteiger partial charge in [0.1, 0.15) is 6.17 Å². The van der Waals surface area contributed by atoms with Crippen molar-refractivity contribution >= 4 is 0 Å². The molecule has 0 aromatic heterocycles. The Morgan fingerprint density at radius 3 is 1.79 bits per heavy atom. The minimum atomic E-state index is -5.80. The quantitative estimate of drug-likeness (QED) is 0.667. The first-order valence-electron chi connectivity index (χ1n) is 3.84. The van der Waals surface area contributed by atoms with Gasteiger partial charge in [-0.2, -0.15) is 22.0 Å². The maximum Gasteiger partial charge on any atom is 0.456 e. The predicted molar refractivity (Wildman–Crippen MR) is 37.0 cm³/mol. The molecule has 14 heavy (non-hydrogen) atoms. The van der Waals surface area contributed by atoms with Crippen LogP contribution in [0.1, 0.15) is 13.8 Å². The Kier molecular flexibility index (Phi) is 4.23. The zero-order valence-electron chi connectivity index (χ0n) is 7.54. The smallest absolute Gasteiger partial charge is 0.369 e. The van der Waals surface area contributed by atoms with E-state index in [-0.39, 0.29) is 0 Å². The van der Waals surface area contributed by atoms with Gasteiger partial charge in [-0.1, -0.05) is 0 Å². The first-order chi connectivity index (χ1) is 6.14. The number of hydrogen-bond donors (Lipinski definition) is 0. The van der Waals surface area contributed by atoms with E-state index < -0.39 is 31.0 Å². The van der Waals surface area contributed by atoms with Crippen LogP contribution < -0.4 is 0 Å². The van der Waals surface area contributed by atoms with Crippen LogP contribution in [0.2, 0.25) is 0 Å². The fourth-order valence-corrected chi connectivity index (χ4v) is 0.867. The fraction of sp³-hybridized carbons (Fsp3) is 1.00. The summed E-state index contributed by atoms with van der Waals surface area (Å²) in [5, 5.41) is 0. The monoisotopic (exact) mass is 224 g/mol. The first-order valence-corrected chi connectivity index (χ1v) is 3.84. The predicted octanol–water partition coefficient (Wildman–Crippen LogP) is 2.95. The van der Waals surface area contributed by atoms with Gasteiger partial charge in [0.25, 0.3) is 0 Å². The fourth-order valence-electron chi connectivity index (χ4n) is 0.867. The normalized spacial score (nSPS) is 18.0. The molecule has 0 saturated heterocycles. The lowest BCUT2D eigenvalue weighted by atomic mass is 10.1. The Labute approximate surface area is 77.0 Å². The zero-order valence-corrected chi connectivity index (χ0v) is 7.54. The molecule has 0 aliphatic heterocycles. The van der Waals surface area contributed by atoms with Crippen LogP contribution >= 0.6 is 0 Å². The lowest BCUT2D eigenvalue weighted by Crippen LogP contribution is -2.52. The van der Waals surface area contributed by atoms with Crippen LogP contribution in [0, 0.1) is 0 Å².